The number of rotatable bonds is 3. The molecule has 0 aromatic carbocycles. The van der Waals surface area contributed by atoms with Crippen LogP contribution in [0.2, 0.25) is 0 Å². The lowest BCUT2D eigenvalue weighted by Crippen LogP contribution is -2.38. The summed E-state index contributed by atoms with van der Waals surface area (Å²) in [5.74, 6) is 0.949. The topological polar surface area (TPSA) is 84.4 Å². The standard InChI is InChI=1S/C14H22N4O3/c1-16-9-15-13(18(20)21)14(16)17-8-11(19)7-12(17)10-5-3-2-4-6-10/h9-12,19H,2-8H2,1H3/t11-,12-/m1/s1. The van der Waals surface area contributed by atoms with Crippen molar-refractivity contribution in [1.82, 2.24) is 9.55 Å². The minimum atomic E-state index is -0.433. The van der Waals surface area contributed by atoms with Gasteiger partial charge in [-0.3, -0.25) is 4.57 Å². The number of nitrogens with zero attached hydrogens (tertiary/aromatic N) is 4. The Morgan fingerprint density at radius 2 is 2.10 bits per heavy atom. The zero-order valence-electron chi connectivity index (χ0n) is 12.3. The number of imidazole rings is 1. The minimum Gasteiger partial charge on any atom is -0.391 e. The van der Waals surface area contributed by atoms with Gasteiger partial charge in [0.05, 0.1) is 6.10 Å². The highest BCUT2D eigenvalue weighted by Crippen LogP contribution is 2.39. The zero-order chi connectivity index (χ0) is 15.0. The quantitative estimate of drug-likeness (QED) is 0.679. The van der Waals surface area contributed by atoms with E-state index < -0.39 is 11.0 Å². The minimum absolute atomic E-state index is 0.104. The van der Waals surface area contributed by atoms with Gasteiger partial charge in [0.1, 0.15) is 0 Å². The number of aryl methyl sites for hydroxylation is 1. The summed E-state index contributed by atoms with van der Waals surface area (Å²) in [5.41, 5.74) is 0. The van der Waals surface area contributed by atoms with Crippen LogP contribution in [0, 0.1) is 16.0 Å². The summed E-state index contributed by atoms with van der Waals surface area (Å²) in [7, 11) is 1.78. The average molecular weight is 294 g/mol. The van der Waals surface area contributed by atoms with Gasteiger partial charge >= 0.3 is 5.82 Å². The van der Waals surface area contributed by atoms with E-state index in [1.807, 2.05) is 4.90 Å². The first-order chi connectivity index (χ1) is 10.1. The maximum absolute atomic E-state index is 11.2. The number of aliphatic hydroxyl groups excluding tert-OH is 1. The van der Waals surface area contributed by atoms with E-state index in [2.05, 4.69) is 4.98 Å². The maximum Gasteiger partial charge on any atom is 0.406 e. The van der Waals surface area contributed by atoms with Crippen LogP contribution in [0.5, 0.6) is 0 Å². The fourth-order valence-corrected chi connectivity index (χ4v) is 3.92. The molecule has 1 aliphatic heterocycles. The lowest BCUT2D eigenvalue weighted by Gasteiger charge is -2.34. The second-order valence-electron chi connectivity index (χ2n) is 6.27. The van der Waals surface area contributed by atoms with Gasteiger partial charge in [-0.2, -0.15) is 0 Å². The fraction of sp³-hybridized carbons (Fsp3) is 0.786. The molecule has 1 aromatic rings. The molecule has 1 N–H and O–H groups in total. The van der Waals surface area contributed by atoms with Crippen molar-refractivity contribution in [3.05, 3.63) is 16.4 Å². The third kappa shape index (κ3) is 2.62. The van der Waals surface area contributed by atoms with E-state index in [0.29, 0.717) is 24.7 Å². The summed E-state index contributed by atoms with van der Waals surface area (Å²) >= 11 is 0. The Morgan fingerprint density at radius 3 is 2.76 bits per heavy atom. The molecule has 2 heterocycles. The molecule has 3 rings (SSSR count). The molecule has 1 aliphatic carbocycles. The van der Waals surface area contributed by atoms with Crippen molar-refractivity contribution in [3.63, 3.8) is 0 Å². The highest BCUT2D eigenvalue weighted by atomic mass is 16.6. The molecule has 2 fully saturated rings. The normalized spacial score (nSPS) is 27.2. The van der Waals surface area contributed by atoms with Crippen molar-refractivity contribution < 1.29 is 10.0 Å². The first-order valence-electron chi connectivity index (χ1n) is 7.68. The van der Waals surface area contributed by atoms with Gasteiger partial charge in [0.25, 0.3) is 0 Å². The Hall–Kier alpha value is -1.63. The monoisotopic (exact) mass is 294 g/mol. The van der Waals surface area contributed by atoms with Crippen LogP contribution in [-0.2, 0) is 7.05 Å². The van der Waals surface area contributed by atoms with E-state index in [9.17, 15) is 15.2 Å². The lowest BCUT2D eigenvalue weighted by molar-refractivity contribution is -0.388. The SMILES string of the molecule is Cn1cnc([N+](=O)[O-])c1N1C[C@H](O)C[C@@H]1C1CCCCC1. The van der Waals surface area contributed by atoms with Crippen LogP contribution in [0.1, 0.15) is 38.5 Å². The molecule has 7 nitrogen and oxygen atoms in total. The van der Waals surface area contributed by atoms with Gasteiger partial charge < -0.3 is 20.1 Å². The van der Waals surface area contributed by atoms with E-state index in [1.165, 1.54) is 25.6 Å². The van der Waals surface area contributed by atoms with Crippen LogP contribution in [0.4, 0.5) is 11.6 Å². The largest absolute Gasteiger partial charge is 0.406 e. The number of nitro groups is 1. The molecule has 0 amide bonds. The summed E-state index contributed by atoms with van der Waals surface area (Å²) in [5, 5.41) is 21.3. The number of β-amino-alcohol motifs (C(OH)–C–C–N with tert-alkyl or cyclic N) is 1. The van der Waals surface area contributed by atoms with Gasteiger partial charge in [0.2, 0.25) is 12.1 Å². The van der Waals surface area contributed by atoms with E-state index in [1.54, 1.807) is 11.6 Å². The molecule has 2 atom stereocenters. The van der Waals surface area contributed by atoms with Crippen LogP contribution in [-0.4, -0.2) is 38.3 Å². The molecule has 2 aliphatic rings. The van der Waals surface area contributed by atoms with Gasteiger partial charge in [-0.05, 0) is 35.1 Å². The lowest BCUT2D eigenvalue weighted by atomic mass is 9.83. The number of aliphatic hydroxyl groups is 1. The number of aromatic nitrogens is 2. The van der Waals surface area contributed by atoms with Crippen molar-refractivity contribution in [2.75, 3.05) is 11.4 Å². The molecule has 7 heteroatoms. The number of hydrogen-bond acceptors (Lipinski definition) is 5. The van der Waals surface area contributed by atoms with Crippen molar-refractivity contribution in [1.29, 1.82) is 0 Å². The number of anilines is 1. The molecule has 21 heavy (non-hydrogen) atoms. The van der Waals surface area contributed by atoms with Crippen molar-refractivity contribution in [2.24, 2.45) is 13.0 Å². The molecule has 1 aromatic heterocycles. The average Bonchev–Trinajstić information content (AvgIpc) is 3.02. The summed E-state index contributed by atoms with van der Waals surface area (Å²) in [6, 6.07) is 0.189. The Morgan fingerprint density at radius 1 is 1.38 bits per heavy atom. The van der Waals surface area contributed by atoms with Crippen molar-refractivity contribution >= 4 is 11.6 Å². The summed E-state index contributed by atoms with van der Waals surface area (Å²) in [4.78, 5) is 16.7. The first-order valence-corrected chi connectivity index (χ1v) is 7.68. The molecule has 0 spiro atoms. The molecule has 0 radical (unpaired) electrons. The Kier molecular flexibility index (Phi) is 3.84. The van der Waals surface area contributed by atoms with Gasteiger partial charge in [-0.15, -0.1) is 0 Å². The van der Waals surface area contributed by atoms with E-state index in [-0.39, 0.29) is 11.9 Å². The molecule has 0 unspecified atom stereocenters. The predicted octanol–water partition coefficient (Wildman–Crippen LogP) is 1.85. The second kappa shape index (κ2) is 5.63. The van der Waals surface area contributed by atoms with E-state index in [4.69, 9.17) is 0 Å². The van der Waals surface area contributed by atoms with Crippen molar-refractivity contribution in [3.8, 4) is 0 Å². The van der Waals surface area contributed by atoms with Gasteiger partial charge in [-0.25, -0.2) is 0 Å². The van der Waals surface area contributed by atoms with Gasteiger partial charge in [0.15, 0.2) is 0 Å². The van der Waals surface area contributed by atoms with Crippen molar-refractivity contribution in [2.45, 2.75) is 50.7 Å². The van der Waals surface area contributed by atoms with Crippen LogP contribution in [0.25, 0.3) is 0 Å². The predicted molar refractivity (Wildman–Crippen MR) is 78.2 cm³/mol. The molecule has 116 valence electrons. The van der Waals surface area contributed by atoms with Crippen LogP contribution >= 0.6 is 0 Å². The highest BCUT2D eigenvalue weighted by Gasteiger charge is 2.41. The van der Waals surface area contributed by atoms with Gasteiger partial charge in [0, 0.05) is 19.6 Å². The highest BCUT2D eigenvalue weighted by molar-refractivity contribution is 5.56. The third-order valence-electron chi connectivity index (χ3n) is 4.85. The van der Waals surface area contributed by atoms with Crippen LogP contribution in [0.3, 0.4) is 0 Å². The molecule has 0 bridgehead atoms. The molecule has 1 saturated carbocycles. The number of hydrogen-bond donors (Lipinski definition) is 1. The van der Waals surface area contributed by atoms with Gasteiger partial charge in [-0.1, -0.05) is 19.3 Å². The maximum atomic E-state index is 11.2. The summed E-state index contributed by atoms with van der Waals surface area (Å²) < 4.78 is 1.70. The molecular formula is C14H22N4O3. The Labute approximate surface area is 123 Å². The fourth-order valence-electron chi connectivity index (χ4n) is 3.92. The Balaban J connectivity index is 1.91. The second-order valence-corrected chi connectivity index (χ2v) is 6.27. The summed E-state index contributed by atoms with van der Waals surface area (Å²) in [6.07, 6.45) is 7.79. The van der Waals surface area contributed by atoms with E-state index in [0.717, 1.165) is 12.8 Å². The van der Waals surface area contributed by atoms with E-state index >= 15 is 0 Å². The Bertz CT molecular complexity index is 524. The third-order valence-corrected chi connectivity index (χ3v) is 4.85. The molecule has 1 saturated heterocycles. The van der Waals surface area contributed by atoms with Crippen LogP contribution < -0.4 is 4.90 Å². The summed E-state index contributed by atoms with van der Waals surface area (Å²) in [6.45, 7) is 0.460. The smallest absolute Gasteiger partial charge is 0.391 e. The zero-order valence-corrected chi connectivity index (χ0v) is 12.3. The first kappa shape index (κ1) is 14.3. The molecular weight excluding hydrogens is 272 g/mol. The van der Waals surface area contributed by atoms with Crippen LogP contribution in [0.15, 0.2) is 6.33 Å².